The molecule has 1 aromatic heterocycles. The highest BCUT2D eigenvalue weighted by Crippen LogP contribution is 2.16. The van der Waals surface area contributed by atoms with Gasteiger partial charge in [0.05, 0.1) is 12.8 Å². The van der Waals surface area contributed by atoms with Gasteiger partial charge in [0.2, 0.25) is 0 Å². The van der Waals surface area contributed by atoms with Crippen LogP contribution in [0.4, 0.5) is 0 Å². The Labute approximate surface area is 81.3 Å². The van der Waals surface area contributed by atoms with E-state index in [1.165, 1.54) is 7.11 Å². The number of H-pyrrole nitrogens is 1. The molecule has 0 fully saturated rings. The number of nitrogens with zero attached hydrogens (tertiary/aromatic N) is 1. The molecule has 0 radical (unpaired) electrons. The van der Waals surface area contributed by atoms with Gasteiger partial charge in [0.15, 0.2) is 5.69 Å². The van der Waals surface area contributed by atoms with E-state index in [0.717, 1.165) is 17.8 Å². The van der Waals surface area contributed by atoms with Crippen molar-refractivity contribution in [3.8, 4) is 0 Å². The molecule has 0 saturated carbocycles. The standard InChI is InChI=1S/C7H9N3O2.ClH/c1-12-7(11)6-4-2-8-3-5(4)9-10-6;/h8H,2-3H2,1H3,(H,9,10);1H. The minimum absolute atomic E-state index is 0. The van der Waals surface area contributed by atoms with Gasteiger partial charge in [-0.15, -0.1) is 12.4 Å². The Kier molecular flexibility index (Phi) is 2.90. The number of carbonyl (C=O) groups excluding carboxylic acids is 1. The molecule has 2 heterocycles. The van der Waals surface area contributed by atoms with Crippen LogP contribution in [0.3, 0.4) is 0 Å². The largest absolute Gasteiger partial charge is 0.464 e. The first-order valence-electron chi connectivity index (χ1n) is 3.68. The van der Waals surface area contributed by atoms with Crippen LogP contribution in [0.2, 0.25) is 0 Å². The summed E-state index contributed by atoms with van der Waals surface area (Å²) in [4.78, 5) is 11.1. The topological polar surface area (TPSA) is 67.0 Å². The Hall–Kier alpha value is -1.07. The summed E-state index contributed by atoms with van der Waals surface area (Å²) in [5, 5.41) is 9.77. The molecule has 0 bridgehead atoms. The average Bonchev–Trinajstić information content (AvgIpc) is 2.62. The first-order valence-corrected chi connectivity index (χ1v) is 3.68. The summed E-state index contributed by atoms with van der Waals surface area (Å²) < 4.78 is 4.57. The van der Waals surface area contributed by atoms with Crippen molar-refractivity contribution in [1.82, 2.24) is 15.5 Å². The molecule has 0 amide bonds. The van der Waals surface area contributed by atoms with Crippen LogP contribution >= 0.6 is 12.4 Å². The lowest BCUT2D eigenvalue weighted by atomic mass is 10.2. The van der Waals surface area contributed by atoms with Gasteiger partial charge >= 0.3 is 5.97 Å². The summed E-state index contributed by atoms with van der Waals surface area (Å²) in [5.74, 6) is -0.379. The number of hydrogen-bond acceptors (Lipinski definition) is 4. The third-order valence-electron chi connectivity index (χ3n) is 1.94. The Morgan fingerprint density at radius 3 is 3.00 bits per heavy atom. The number of ether oxygens (including phenoxy) is 1. The maximum absolute atomic E-state index is 11.1. The van der Waals surface area contributed by atoms with E-state index in [1.807, 2.05) is 0 Å². The second-order valence-electron chi connectivity index (χ2n) is 2.62. The molecule has 0 unspecified atom stereocenters. The van der Waals surface area contributed by atoms with Crippen molar-refractivity contribution in [3.05, 3.63) is 17.0 Å². The molecule has 1 aliphatic heterocycles. The van der Waals surface area contributed by atoms with Crippen LogP contribution < -0.4 is 5.32 Å². The minimum atomic E-state index is -0.379. The van der Waals surface area contributed by atoms with Gasteiger partial charge in [-0.25, -0.2) is 4.79 Å². The Morgan fingerprint density at radius 1 is 1.54 bits per heavy atom. The highest BCUT2D eigenvalue weighted by atomic mass is 35.5. The fraction of sp³-hybridized carbons (Fsp3) is 0.429. The van der Waals surface area contributed by atoms with Crippen LogP contribution in [-0.4, -0.2) is 23.3 Å². The number of aromatic amines is 1. The van der Waals surface area contributed by atoms with Gasteiger partial charge in [-0.1, -0.05) is 0 Å². The fourth-order valence-corrected chi connectivity index (χ4v) is 1.32. The molecule has 6 heteroatoms. The predicted molar refractivity (Wildman–Crippen MR) is 47.7 cm³/mol. The summed E-state index contributed by atoms with van der Waals surface area (Å²) in [6.45, 7) is 1.44. The van der Waals surface area contributed by atoms with Gasteiger partial charge < -0.3 is 10.1 Å². The summed E-state index contributed by atoms with van der Waals surface area (Å²) in [6, 6.07) is 0. The van der Waals surface area contributed by atoms with Crippen LogP contribution in [0, 0.1) is 0 Å². The fourth-order valence-electron chi connectivity index (χ4n) is 1.32. The van der Waals surface area contributed by atoms with E-state index in [-0.39, 0.29) is 18.4 Å². The van der Waals surface area contributed by atoms with Crippen molar-refractivity contribution in [2.75, 3.05) is 7.11 Å². The van der Waals surface area contributed by atoms with Crippen molar-refractivity contribution in [2.45, 2.75) is 13.1 Å². The van der Waals surface area contributed by atoms with Gasteiger partial charge in [-0.2, -0.15) is 5.10 Å². The number of hydrogen-bond donors (Lipinski definition) is 2. The molecular weight excluding hydrogens is 194 g/mol. The van der Waals surface area contributed by atoms with Gasteiger partial charge in [0.25, 0.3) is 0 Å². The molecule has 72 valence electrons. The van der Waals surface area contributed by atoms with Gasteiger partial charge in [-0.3, -0.25) is 5.10 Å². The van der Waals surface area contributed by atoms with Crippen LogP contribution in [0.15, 0.2) is 0 Å². The molecule has 1 aliphatic rings. The Bertz CT molecular complexity index is 324. The highest BCUT2D eigenvalue weighted by molar-refractivity contribution is 5.89. The number of methoxy groups -OCH3 is 1. The molecule has 0 spiro atoms. The zero-order valence-electron chi connectivity index (χ0n) is 7.09. The molecule has 0 aliphatic carbocycles. The second-order valence-corrected chi connectivity index (χ2v) is 2.62. The SMILES string of the molecule is COC(=O)c1n[nH]c2c1CNC2.Cl. The predicted octanol–water partition coefficient (Wildman–Crippen LogP) is 0.221. The van der Waals surface area contributed by atoms with E-state index in [9.17, 15) is 4.79 Å². The molecule has 5 nitrogen and oxygen atoms in total. The van der Waals surface area contributed by atoms with E-state index in [4.69, 9.17) is 0 Å². The molecule has 0 saturated heterocycles. The monoisotopic (exact) mass is 203 g/mol. The third-order valence-corrected chi connectivity index (χ3v) is 1.94. The van der Waals surface area contributed by atoms with Crippen molar-refractivity contribution in [3.63, 3.8) is 0 Å². The van der Waals surface area contributed by atoms with Crippen LogP contribution in [0.1, 0.15) is 21.7 Å². The van der Waals surface area contributed by atoms with Gasteiger partial charge in [0.1, 0.15) is 0 Å². The zero-order valence-corrected chi connectivity index (χ0v) is 7.90. The number of nitrogens with one attached hydrogen (secondary N) is 2. The number of carbonyl (C=O) groups is 1. The van der Waals surface area contributed by atoms with E-state index < -0.39 is 0 Å². The maximum atomic E-state index is 11.1. The lowest BCUT2D eigenvalue weighted by Crippen LogP contribution is -2.08. The Balaban J connectivity index is 0.000000845. The molecular formula is C7H10ClN3O2. The van der Waals surface area contributed by atoms with E-state index in [2.05, 4.69) is 20.3 Å². The molecule has 0 aromatic carbocycles. The Morgan fingerprint density at radius 2 is 2.31 bits per heavy atom. The number of fused-ring (bicyclic) bond motifs is 1. The maximum Gasteiger partial charge on any atom is 0.358 e. The van der Waals surface area contributed by atoms with E-state index in [1.54, 1.807) is 0 Å². The molecule has 2 N–H and O–H groups in total. The van der Waals surface area contributed by atoms with E-state index in [0.29, 0.717) is 12.2 Å². The third kappa shape index (κ3) is 1.52. The summed E-state index contributed by atoms with van der Waals surface area (Å²) >= 11 is 0. The minimum Gasteiger partial charge on any atom is -0.464 e. The van der Waals surface area contributed by atoms with Crippen molar-refractivity contribution < 1.29 is 9.53 Å². The first-order chi connectivity index (χ1) is 5.83. The lowest BCUT2D eigenvalue weighted by Gasteiger charge is -1.95. The molecule has 2 rings (SSSR count). The second kappa shape index (κ2) is 3.76. The summed E-state index contributed by atoms with van der Waals surface area (Å²) in [5.41, 5.74) is 2.31. The average molecular weight is 204 g/mol. The summed E-state index contributed by atoms with van der Waals surface area (Å²) in [7, 11) is 1.35. The smallest absolute Gasteiger partial charge is 0.358 e. The van der Waals surface area contributed by atoms with E-state index >= 15 is 0 Å². The van der Waals surface area contributed by atoms with Crippen LogP contribution in [0.5, 0.6) is 0 Å². The number of rotatable bonds is 1. The number of esters is 1. The zero-order chi connectivity index (χ0) is 8.55. The lowest BCUT2D eigenvalue weighted by molar-refractivity contribution is 0.0592. The van der Waals surface area contributed by atoms with Crippen molar-refractivity contribution in [2.24, 2.45) is 0 Å². The quantitative estimate of drug-likeness (QED) is 0.641. The molecule has 1 aromatic rings. The van der Waals surface area contributed by atoms with Gasteiger partial charge in [-0.05, 0) is 0 Å². The molecule has 0 atom stereocenters. The van der Waals surface area contributed by atoms with Crippen LogP contribution in [-0.2, 0) is 17.8 Å². The van der Waals surface area contributed by atoms with Crippen molar-refractivity contribution in [1.29, 1.82) is 0 Å². The highest BCUT2D eigenvalue weighted by Gasteiger charge is 2.22. The first kappa shape index (κ1) is 10.0. The normalized spacial score (nSPS) is 13.3. The summed E-state index contributed by atoms with van der Waals surface area (Å²) in [6.07, 6.45) is 0. The number of halogens is 1. The van der Waals surface area contributed by atoms with Gasteiger partial charge in [0, 0.05) is 18.7 Å². The van der Waals surface area contributed by atoms with Crippen molar-refractivity contribution >= 4 is 18.4 Å². The van der Waals surface area contributed by atoms with Crippen LogP contribution in [0.25, 0.3) is 0 Å². The number of aromatic nitrogens is 2. The molecule has 13 heavy (non-hydrogen) atoms.